The molecule has 2 aromatic rings. The van der Waals surface area contributed by atoms with Gasteiger partial charge >= 0.3 is 18.0 Å². The zero-order chi connectivity index (χ0) is 24.6. The number of rotatable bonds is 6. The van der Waals surface area contributed by atoms with Crippen LogP contribution >= 0.6 is 0 Å². The van der Waals surface area contributed by atoms with Crippen molar-refractivity contribution in [1.82, 2.24) is 10.3 Å². The van der Waals surface area contributed by atoms with E-state index in [2.05, 4.69) is 10.4 Å². The number of nitrogens with one attached hydrogen (secondary N) is 2. The molecule has 0 unspecified atom stereocenters. The molecule has 1 fully saturated rings. The molecule has 0 aromatic heterocycles. The first-order chi connectivity index (χ1) is 16.2. The lowest BCUT2D eigenvalue weighted by Crippen LogP contribution is -2.43. The zero-order valence-corrected chi connectivity index (χ0v) is 17.8. The molecule has 2 N–H and O–H groups in total. The van der Waals surface area contributed by atoms with Crippen LogP contribution < -0.4 is 15.5 Å². The highest BCUT2D eigenvalue weighted by Gasteiger charge is 2.30. The second-order valence-electron chi connectivity index (χ2n) is 7.05. The highest BCUT2D eigenvalue weighted by Crippen LogP contribution is 2.30. The molecule has 1 aliphatic heterocycles. The summed E-state index contributed by atoms with van der Waals surface area (Å²) in [5.41, 5.74) is 1.26. The largest absolute Gasteiger partial charge is 0.483 e. The van der Waals surface area contributed by atoms with Crippen LogP contribution in [0.15, 0.2) is 53.6 Å². The van der Waals surface area contributed by atoms with E-state index < -0.39 is 23.6 Å². The van der Waals surface area contributed by atoms with E-state index in [1.807, 2.05) is 5.43 Å². The highest BCUT2D eigenvalue weighted by molar-refractivity contribution is 6.39. The first kappa shape index (κ1) is 24.7. The van der Waals surface area contributed by atoms with Gasteiger partial charge in [0.05, 0.1) is 25.0 Å². The summed E-state index contributed by atoms with van der Waals surface area (Å²) in [6.07, 6.45) is -3.38. The van der Waals surface area contributed by atoms with Crippen molar-refractivity contribution in [2.24, 2.45) is 5.10 Å². The first-order valence-electron chi connectivity index (χ1n) is 10.1. The second kappa shape index (κ2) is 11.3. The average molecular weight is 478 g/mol. The van der Waals surface area contributed by atoms with Gasteiger partial charge in [-0.05, 0) is 30.3 Å². The maximum atomic E-state index is 12.8. The number of ether oxygens (including phenoxy) is 2. The fourth-order valence-corrected chi connectivity index (χ4v) is 2.93. The van der Waals surface area contributed by atoms with Gasteiger partial charge in [-0.1, -0.05) is 18.2 Å². The molecule has 1 saturated heterocycles. The molecule has 0 radical (unpaired) electrons. The SMILES string of the molecule is O=C(N/N=C/c1ccccc1OCC(=O)N1CCOCC1)C(=O)Nc1cccc(C(F)(F)F)c1. The van der Waals surface area contributed by atoms with Crippen LogP contribution in [-0.4, -0.2) is 61.7 Å². The fraction of sp³-hybridized carbons (Fsp3) is 0.273. The predicted molar refractivity (Wildman–Crippen MR) is 115 cm³/mol. The van der Waals surface area contributed by atoms with Gasteiger partial charge in [-0.25, -0.2) is 5.43 Å². The number of halogens is 3. The van der Waals surface area contributed by atoms with Crippen molar-refractivity contribution >= 4 is 29.6 Å². The maximum Gasteiger partial charge on any atom is 0.416 e. The molecule has 0 spiro atoms. The molecule has 1 heterocycles. The molecular formula is C22H21F3N4O5. The number of hydrogen-bond donors (Lipinski definition) is 2. The number of amides is 3. The Morgan fingerprint density at radius 1 is 1.06 bits per heavy atom. The third-order valence-electron chi connectivity index (χ3n) is 4.66. The molecule has 0 aliphatic carbocycles. The summed E-state index contributed by atoms with van der Waals surface area (Å²) in [6.45, 7) is 1.71. The van der Waals surface area contributed by atoms with Gasteiger partial charge in [0.25, 0.3) is 5.91 Å². The lowest BCUT2D eigenvalue weighted by Gasteiger charge is -2.26. The maximum absolute atomic E-state index is 12.8. The van der Waals surface area contributed by atoms with Crippen LogP contribution in [0.5, 0.6) is 5.75 Å². The average Bonchev–Trinajstić information content (AvgIpc) is 2.83. The number of carbonyl (C=O) groups is 3. The molecule has 34 heavy (non-hydrogen) atoms. The Balaban J connectivity index is 1.54. The molecule has 2 aromatic carbocycles. The van der Waals surface area contributed by atoms with E-state index in [4.69, 9.17) is 9.47 Å². The molecule has 0 saturated carbocycles. The van der Waals surface area contributed by atoms with Crippen molar-refractivity contribution in [3.05, 3.63) is 59.7 Å². The number of alkyl halides is 3. The van der Waals surface area contributed by atoms with E-state index in [1.54, 1.807) is 29.2 Å². The smallest absolute Gasteiger partial charge is 0.416 e. The second-order valence-corrected chi connectivity index (χ2v) is 7.05. The molecule has 3 rings (SSSR count). The van der Waals surface area contributed by atoms with Crippen LogP contribution in [0.2, 0.25) is 0 Å². The van der Waals surface area contributed by atoms with Crippen LogP contribution in [0.3, 0.4) is 0 Å². The summed E-state index contributed by atoms with van der Waals surface area (Å²) >= 11 is 0. The minimum absolute atomic E-state index is 0.192. The molecule has 9 nitrogen and oxygen atoms in total. The molecule has 12 heteroatoms. The van der Waals surface area contributed by atoms with E-state index in [0.29, 0.717) is 43.7 Å². The van der Waals surface area contributed by atoms with Gasteiger partial charge in [0, 0.05) is 24.3 Å². The Hall–Kier alpha value is -3.93. The van der Waals surface area contributed by atoms with Gasteiger partial charge in [0.1, 0.15) is 5.75 Å². The topological polar surface area (TPSA) is 109 Å². The van der Waals surface area contributed by atoms with E-state index >= 15 is 0 Å². The van der Waals surface area contributed by atoms with E-state index in [0.717, 1.165) is 12.1 Å². The first-order valence-corrected chi connectivity index (χ1v) is 10.1. The van der Waals surface area contributed by atoms with Crippen LogP contribution in [0.1, 0.15) is 11.1 Å². The van der Waals surface area contributed by atoms with Gasteiger partial charge in [-0.3, -0.25) is 14.4 Å². The Morgan fingerprint density at radius 2 is 1.79 bits per heavy atom. The minimum atomic E-state index is -4.59. The molecule has 1 aliphatic rings. The van der Waals surface area contributed by atoms with E-state index in [1.165, 1.54) is 12.3 Å². The lowest BCUT2D eigenvalue weighted by molar-refractivity contribution is -0.138. The summed E-state index contributed by atoms with van der Waals surface area (Å²) in [5, 5.41) is 5.76. The molecule has 0 atom stereocenters. The third-order valence-corrected chi connectivity index (χ3v) is 4.66. The molecule has 0 bridgehead atoms. The number of morpholine rings is 1. The number of nitrogens with zero attached hydrogens (tertiary/aromatic N) is 2. The van der Waals surface area contributed by atoms with Crippen molar-refractivity contribution in [3.8, 4) is 5.75 Å². The molecular weight excluding hydrogens is 457 g/mol. The van der Waals surface area contributed by atoms with Gasteiger partial charge in [-0.15, -0.1) is 0 Å². The third kappa shape index (κ3) is 7.04. The van der Waals surface area contributed by atoms with E-state index in [9.17, 15) is 27.6 Å². The summed E-state index contributed by atoms with van der Waals surface area (Å²) in [5.74, 6) is -2.25. The van der Waals surface area contributed by atoms with Gasteiger partial charge in [-0.2, -0.15) is 18.3 Å². The summed E-state index contributed by atoms with van der Waals surface area (Å²) in [6, 6.07) is 10.5. The Kier molecular flexibility index (Phi) is 8.19. The van der Waals surface area contributed by atoms with Crippen LogP contribution in [-0.2, 0) is 25.3 Å². The van der Waals surface area contributed by atoms with Gasteiger partial charge in [0.2, 0.25) is 0 Å². The monoisotopic (exact) mass is 478 g/mol. The number of hydrogen-bond acceptors (Lipinski definition) is 6. The Morgan fingerprint density at radius 3 is 2.53 bits per heavy atom. The number of benzene rings is 2. The standard InChI is InChI=1S/C22H21F3N4O5/c23-22(24,25)16-5-3-6-17(12-16)27-20(31)21(32)28-26-13-15-4-1-2-7-18(15)34-14-19(30)29-8-10-33-11-9-29/h1-7,12-13H,8-11,14H2,(H,27,31)(H,28,32)/b26-13+. The summed E-state index contributed by atoms with van der Waals surface area (Å²) in [7, 11) is 0. The fourth-order valence-electron chi connectivity index (χ4n) is 2.93. The number of anilines is 1. The minimum Gasteiger partial charge on any atom is -0.483 e. The quantitative estimate of drug-likeness (QED) is 0.375. The number of carbonyl (C=O) groups excluding carboxylic acids is 3. The van der Waals surface area contributed by atoms with E-state index in [-0.39, 0.29) is 18.2 Å². The van der Waals surface area contributed by atoms with Crippen molar-refractivity contribution < 1.29 is 37.0 Å². The van der Waals surface area contributed by atoms with Gasteiger partial charge < -0.3 is 19.7 Å². The molecule has 3 amide bonds. The van der Waals surface area contributed by atoms with Crippen molar-refractivity contribution in [2.45, 2.75) is 6.18 Å². The van der Waals surface area contributed by atoms with Crippen molar-refractivity contribution in [2.75, 3.05) is 38.2 Å². The van der Waals surface area contributed by atoms with Crippen molar-refractivity contribution in [3.63, 3.8) is 0 Å². The van der Waals surface area contributed by atoms with Crippen LogP contribution in [0.25, 0.3) is 0 Å². The van der Waals surface area contributed by atoms with Crippen LogP contribution in [0, 0.1) is 0 Å². The summed E-state index contributed by atoms with van der Waals surface area (Å²) < 4.78 is 49.1. The summed E-state index contributed by atoms with van der Waals surface area (Å²) in [4.78, 5) is 37.8. The Labute approximate surface area is 192 Å². The van der Waals surface area contributed by atoms with Gasteiger partial charge in [0.15, 0.2) is 6.61 Å². The highest BCUT2D eigenvalue weighted by atomic mass is 19.4. The number of hydrazone groups is 1. The zero-order valence-electron chi connectivity index (χ0n) is 17.8. The lowest BCUT2D eigenvalue weighted by atomic mass is 10.2. The molecule has 180 valence electrons. The Bertz CT molecular complexity index is 1070. The van der Waals surface area contributed by atoms with Crippen molar-refractivity contribution in [1.29, 1.82) is 0 Å². The normalized spacial score (nSPS) is 14.0. The number of para-hydroxylation sites is 1. The van der Waals surface area contributed by atoms with Crippen LogP contribution in [0.4, 0.5) is 18.9 Å². The predicted octanol–water partition coefficient (Wildman–Crippen LogP) is 2.03.